The molecule has 0 spiro atoms. The Kier molecular flexibility index (Phi) is 10.6. The van der Waals surface area contributed by atoms with E-state index >= 15 is 4.39 Å². The molecule has 0 saturated heterocycles. The number of benzene rings is 3. The van der Waals surface area contributed by atoms with Crippen molar-refractivity contribution >= 4 is 8.58 Å². The van der Waals surface area contributed by atoms with Gasteiger partial charge in [-0.15, -0.1) is 8.58 Å². The van der Waals surface area contributed by atoms with Crippen LogP contribution >= 0.6 is 8.58 Å². The number of hydrogen-bond acceptors (Lipinski definition) is 2. The first kappa shape index (κ1) is 31.4. The van der Waals surface area contributed by atoms with Crippen LogP contribution in [-0.2, 0) is 9.47 Å². The second-order valence-electron chi connectivity index (χ2n) is 13.3. The Balaban J connectivity index is 1.57. The van der Waals surface area contributed by atoms with E-state index in [0.717, 1.165) is 46.2 Å². The molecule has 2 aliphatic rings. The average Bonchev–Trinajstić information content (AvgIpc) is 3.01. The van der Waals surface area contributed by atoms with Gasteiger partial charge in [-0.1, -0.05) is 94.4 Å². The minimum absolute atomic E-state index is 0.143. The molecule has 42 heavy (non-hydrogen) atoms. The van der Waals surface area contributed by atoms with Gasteiger partial charge in [-0.3, -0.25) is 0 Å². The summed E-state index contributed by atoms with van der Waals surface area (Å²) in [5.74, 6) is 2.59. The molecule has 0 aromatic heterocycles. The van der Waals surface area contributed by atoms with Crippen molar-refractivity contribution in [3.63, 3.8) is 0 Å². The van der Waals surface area contributed by atoms with E-state index in [4.69, 9.17) is 9.47 Å². The Morgan fingerprint density at radius 1 is 0.690 bits per heavy atom. The van der Waals surface area contributed by atoms with Gasteiger partial charge in [0.15, 0.2) is 0 Å². The summed E-state index contributed by atoms with van der Waals surface area (Å²) in [6.07, 6.45) is 6.26. The van der Waals surface area contributed by atoms with Crippen molar-refractivity contribution in [2.45, 2.75) is 89.2 Å². The van der Waals surface area contributed by atoms with E-state index in [9.17, 15) is 0 Å². The van der Waals surface area contributed by atoms with Gasteiger partial charge in [0.05, 0.1) is 12.2 Å². The highest BCUT2D eigenvalue weighted by atomic mass is 31.1. The minimum Gasteiger partial charge on any atom is -0.381 e. The fraction of sp³-hybridized carbons (Fsp3) is 0.526. The van der Waals surface area contributed by atoms with Crippen molar-refractivity contribution in [1.29, 1.82) is 0 Å². The van der Waals surface area contributed by atoms with Crippen molar-refractivity contribution in [2.75, 3.05) is 14.2 Å². The van der Waals surface area contributed by atoms with E-state index in [0.29, 0.717) is 58.7 Å². The van der Waals surface area contributed by atoms with Crippen LogP contribution in [0.1, 0.15) is 71.3 Å². The lowest BCUT2D eigenvalue weighted by molar-refractivity contribution is 0.00772. The van der Waals surface area contributed by atoms with Gasteiger partial charge in [0.25, 0.3) is 0 Å². The van der Waals surface area contributed by atoms with Gasteiger partial charge in [0.1, 0.15) is 5.82 Å². The maximum atomic E-state index is 15.4. The third kappa shape index (κ3) is 6.69. The summed E-state index contributed by atoms with van der Waals surface area (Å²) in [6, 6.07) is 24.6. The summed E-state index contributed by atoms with van der Waals surface area (Å²) in [5.41, 5.74) is 6.80. The summed E-state index contributed by atoms with van der Waals surface area (Å²) in [6.45, 7) is 9.70. The Bertz CT molecular complexity index is 1270. The van der Waals surface area contributed by atoms with Crippen LogP contribution in [0.15, 0.2) is 72.8 Å². The molecule has 6 unspecified atom stereocenters. The van der Waals surface area contributed by atoms with E-state index in [2.05, 4.69) is 76.2 Å². The van der Waals surface area contributed by atoms with Crippen LogP contribution < -0.4 is 0 Å². The van der Waals surface area contributed by atoms with Gasteiger partial charge in [-0.25, -0.2) is 4.39 Å². The molecule has 4 heteroatoms. The Morgan fingerprint density at radius 2 is 1.31 bits per heavy atom. The first-order chi connectivity index (χ1) is 20.3. The number of rotatable bonds is 9. The van der Waals surface area contributed by atoms with Crippen molar-refractivity contribution in [2.24, 2.45) is 23.7 Å². The normalized spacial score (nSPS) is 28.6. The summed E-state index contributed by atoms with van der Waals surface area (Å²) < 4.78 is 27.3. The summed E-state index contributed by atoms with van der Waals surface area (Å²) in [7, 11) is 4.64. The SMILES string of the molecule is COC1CCC(OC)C(PC2C(C(C)C)CC(c3c(-c4ccccc4)cccc3-c3ccccc3F)CC2C(C)C)C1. The first-order valence-corrected chi connectivity index (χ1v) is 17.2. The first-order valence-electron chi connectivity index (χ1n) is 16.1. The lowest BCUT2D eigenvalue weighted by Gasteiger charge is -2.49. The highest BCUT2D eigenvalue weighted by Crippen LogP contribution is 2.56. The maximum absolute atomic E-state index is 15.4. The van der Waals surface area contributed by atoms with E-state index in [-0.39, 0.29) is 5.82 Å². The molecule has 0 N–H and O–H groups in total. The van der Waals surface area contributed by atoms with Gasteiger partial charge in [-0.2, -0.15) is 0 Å². The van der Waals surface area contributed by atoms with E-state index in [1.807, 2.05) is 26.4 Å². The number of ether oxygens (including phenoxy) is 2. The largest absolute Gasteiger partial charge is 0.381 e. The summed E-state index contributed by atoms with van der Waals surface area (Å²) in [5, 5.41) is 0. The van der Waals surface area contributed by atoms with Crippen LogP contribution in [0.2, 0.25) is 0 Å². The van der Waals surface area contributed by atoms with E-state index in [1.54, 1.807) is 12.1 Å². The zero-order valence-corrected chi connectivity index (χ0v) is 27.4. The predicted molar refractivity (Wildman–Crippen MR) is 177 cm³/mol. The Morgan fingerprint density at radius 3 is 1.93 bits per heavy atom. The van der Waals surface area contributed by atoms with Crippen molar-refractivity contribution < 1.29 is 13.9 Å². The standard InChI is InChI=1S/C38H50FO2P/c1-24(2)32-21-27(22-33(25(3)4)38(32)42-36-23-28(40-5)19-20-35(36)41-6)37-29(26-13-8-7-9-14-26)16-12-17-31(37)30-15-10-11-18-34(30)39/h7-18,24-25,27-28,32-33,35-36,38,42H,19-23H2,1-6H3. The van der Waals surface area contributed by atoms with Gasteiger partial charge >= 0.3 is 0 Å². The van der Waals surface area contributed by atoms with Gasteiger partial charge in [-0.05, 0) is 95.7 Å². The second-order valence-corrected chi connectivity index (χ2v) is 15.1. The molecule has 2 nitrogen and oxygen atoms in total. The molecule has 2 fully saturated rings. The van der Waals surface area contributed by atoms with E-state index in [1.165, 1.54) is 16.7 Å². The fourth-order valence-corrected chi connectivity index (χ4v) is 11.0. The number of methoxy groups -OCH3 is 2. The lowest BCUT2D eigenvalue weighted by atomic mass is 9.64. The van der Waals surface area contributed by atoms with Gasteiger partial charge in [0, 0.05) is 25.4 Å². The highest BCUT2D eigenvalue weighted by Gasteiger charge is 2.44. The summed E-state index contributed by atoms with van der Waals surface area (Å²) >= 11 is 0. The van der Waals surface area contributed by atoms with Crippen LogP contribution in [0.4, 0.5) is 4.39 Å². The molecule has 0 radical (unpaired) electrons. The minimum atomic E-state index is -0.143. The summed E-state index contributed by atoms with van der Waals surface area (Å²) in [4.78, 5) is 0. The molecular formula is C38H50FO2P. The monoisotopic (exact) mass is 588 g/mol. The van der Waals surface area contributed by atoms with Crippen LogP contribution in [0, 0.1) is 29.5 Å². The molecule has 2 saturated carbocycles. The predicted octanol–water partition coefficient (Wildman–Crippen LogP) is 10.2. The van der Waals surface area contributed by atoms with Gasteiger partial charge in [0.2, 0.25) is 0 Å². The van der Waals surface area contributed by atoms with Crippen molar-refractivity contribution in [1.82, 2.24) is 0 Å². The quantitative estimate of drug-likeness (QED) is 0.232. The number of halogens is 1. The molecular weight excluding hydrogens is 538 g/mol. The van der Waals surface area contributed by atoms with Crippen molar-refractivity contribution in [3.8, 4) is 22.3 Å². The molecule has 226 valence electrons. The molecule has 0 amide bonds. The molecule has 0 bridgehead atoms. The third-order valence-corrected chi connectivity index (χ3v) is 12.6. The van der Waals surface area contributed by atoms with Gasteiger partial charge < -0.3 is 9.47 Å². The molecule has 0 aliphatic heterocycles. The average molecular weight is 589 g/mol. The molecule has 6 atom stereocenters. The second kappa shape index (κ2) is 14.1. The van der Waals surface area contributed by atoms with Crippen LogP contribution in [-0.4, -0.2) is 37.7 Å². The van der Waals surface area contributed by atoms with E-state index < -0.39 is 0 Å². The van der Waals surface area contributed by atoms with Crippen LogP contribution in [0.3, 0.4) is 0 Å². The number of hydrogen-bond donors (Lipinski definition) is 0. The third-order valence-electron chi connectivity index (χ3n) is 10.3. The topological polar surface area (TPSA) is 18.5 Å². The van der Waals surface area contributed by atoms with Crippen molar-refractivity contribution in [3.05, 3.63) is 84.2 Å². The van der Waals surface area contributed by atoms with Crippen LogP contribution in [0.5, 0.6) is 0 Å². The maximum Gasteiger partial charge on any atom is 0.131 e. The molecule has 2 aliphatic carbocycles. The Labute approximate surface area is 255 Å². The van der Waals surface area contributed by atoms with Crippen LogP contribution in [0.25, 0.3) is 22.3 Å². The fourth-order valence-electron chi connectivity index (χ4n) is 8.03. The zero-order valence-electron chi connectivity index (χ0n) is 26.4. The smallest absolute Gasteiger partial charge is 0.131 e. The zero-order chi connectivity index (χ0) is 29.8. The molecule has 3 aromatic rings. The molecule has 3 aromatic carbocycles. The molecule has 5 rings (SSSR count). The highest BCUT2D eigenvalue weighted by molar-refractivity contribution is 7.40. The lowest BCUT2D eigenvalue weighted by Crippen LogP contribution is -2.43. The molecule has 0 heterocycles. The Hall–Kier alpha value is -2.06.